The van der Waals surface area contributed by atoms with E-state index in [0.29, 0.717) is 31.7 Å². The highest BCUT2D eigenvalue weighted by molar-refractivity contribution is 5.97. The Morgan fingerprint density at radius 3 is 2.13 bits per heavy atom. The number of nitrogens with two attached hydrogens (primary N) is 1. The number of aromatic hydroxyl groups is 1. The lowest BCUT2D eigenvalue weighted by atomic mass is 10.0. The first-order chi connectivity index (χ1) is 10.4. The Kier molecular flexibility index (Phi) is 6.84. The SMILES string of the molecule is CC(N)C(C)C(=O)N1CCN(C(=O)c2ccccc2O)CC1.Cl. The highest BCUT2D eigenvalue weighted by Gasteiger charge is 2.29. The third-order valence-electron chi connectivity index (χ3n) is 4.19. The van der Waals surface area contributed by atoms with Gasteiger partial charge in [-0.3, -0.25) is 9.59 Å². The van der Waals surface area contributed by atoms with Gasteiger partial charge < -0.3 is 20.6 Å². The van der Waals surface area contributed by atoms with Gasteiger partial charge in [0.25, 0.3) is 5.91 Å². The van der Waals surface area contributed by atoms with Crippen molar-refractivity contribution in [2.45, 2.75) is 19.9 Å². The maximum Gasteiger partial charge on any atom is 0.257 e. The van der Waals surface area contributed by atoms with Crippen LogP contribution in [0.2, 0.25) is 0 Å². The van der Waals surface area contributed by atoms with E-state index in [2.05, 4.69) is 0 Å². The zero-order chi connectivity index (χ0) is 16.3. The van der Waals surface area contributed by atoms with Gasteiger partial charge in [0.1, 0.15) is 5.75 Å². The number of amides is 2. The zero-order valence-corrected chi connectivity index (χ0v) is 14.3. The molecule has 128 valence electrons. The number of carbonyl (C=O) groups excluding carboxylic acids is 2. The van der Waals surface area contributed by atoms with Gasteiger partial charge in [-0.25, -0.2) is 0 Å². The van der Waals surface area contributed by atoms with Crippen molar-refractivity contribution in [2.75, 3.05) is 26.2 Å². The Balaban J connectivity index is 0.00000264. The highest BCUT2D eigenvalue weighted by atomic mass is 35.5. The minimum atomic E-state index is -0.222. The number of carbonyl (C=O) groups is 2. The number of nitrogens with zero attached hydrogens (tertiary/aromatic N) is 2. The number of para-hydroxylation sites is 1. The summed E-state index contributed by atoms with van der Waals surface area (Å²) in [6.45, 7) is 5.56. The number of hydrogen-bond acceptors (Lipinski definition) is 4. The van der Waals surface area contributed by atoms with E-state index >= 15 is 0 Å². The van der Waals surface area contributed by atoms with Crippen LogP contribution in [-0.4, -0.2) is 58.9 Å². The van der Waals surface area contributed by atoms with Crippen molar-refractivity contribution in [2.24, 2.45) is 11.7 Å². The summed E-state index contributed by atoms with van der Waals surface area (Å²) < 4.78 is 0. The zero-order valence-electron chi connectivity index (χ0n) is 13.4. The monoisotopic (exact) mass is 341 g/mol. The third-order valence-corrected chi connectivity index (χ3v) is 4.19. The lowest BCUT2D eigenvalue weighted by molar-refractivity contribution is -0.137. The van der Waals surface area contributed by atoms with Crippen LogP contribution in [0.5, 0.6) is 5.75 Å². The standard InChI is InChI=1S/C16H23N3O3.ClH/c1-11(12(2)17)15(21)18-7-9-19(10-8-18)16(22)13-5-3-4-6-14(13)20;/h3-6,11-12,20H,7-10,17H2,1-2H3;1H. The van der Waals surface area contributed by atoms with Crippen molar-refractivity contribution in [3.8, 4) is 5.75 Å². The van der Waals surface area contributed by atoms with Crippen molar-refractivity contribution < 1.29 is 14.7 Å². The first-order valence-corrected chi connectivity index (χ1v) is 7.53. The van der Waals surface area contributed by atoms with Crippen molar-refractivity contribution >= 4 is 24.2 Å². The van der Waals surface area contributed by atoms with E-state index in [1.165, 1.54) is 6.07 Å². The molecule has 23 heavy (non-hydrogen) atoms. The van der Waals surface area contributed by atoms with Crippen molar-refractivity contribution in [3.05, 3.63) is 29.8 Å². The van der Waals surface area contributed by atoms with Crippen molar-refractivity contribution in [1.29, 1.82) is 0 Å². The molecular weight excluding hydrogens is 318 g/mol. The van der Waals surface area contributed by atoms with Gasteiger partial charge in [0.2, 0.25) is 5.91 Å². The van der Waals surface area contributed by atoms with Crippen LogP contribution in [0.25, 0.3) is 0 Å². The molecule has 0 aliphatic carbocycles. The molecule has 2 amide bonds. The molecule has 2 rings (SSSR count). The van der Waals surface area contributed by atoms with Gasteiger partial charge in [0.15, 0.2) is 0 Å². The van der Waals surface area contributed by atoms with Gasteiger partial charge in [-0.1, -0.05) is 19.1 Å². The van der Waals surface area contributed by atoms with Crippen LogP contribution in [-0.2, 0) is 4.79 Å². The van der Waals surface area contributed by atoms with Gasteiger partial charge in [-0.2, -0.15) is 0 Å². The average Bonchev–Trinajstić information content (AvgIpc) is 2.53. The highest BCUT2D eigenvalue weighted by Crippen LogP contribution is 2.19. The van der Waals surface area contributed by atoms with Crippen LogP contribution in [0.1, 0.15) is 24.2 Å². The lowest BCUT2D eigenvalue weighted by Crippen LogP contribution is -2.53. The second-order valence-electron chi connectivity index (χ2n) is 5.78. The minimum Gasteiger partial charge on any atom is -0.507 e. The molecule has 1 aromatic carbocycles. The second-order valence-corrected chi connectivity index (χ2v) is 5.78. The molecule has 0 aromatic heterocycles. The Morgan fingerprint density at radius 1 is 1.09 bits per heavy atom. The summed E-state index contributed by atoms with van der Waals surface area (Å²) in [6, 6.07) is 6.31. The predicted octanol–water partition coefficient (Wildman–Crippen LogP) is 1.08. The van der Waals surface area contributed by atoms with Crippen molar-refractivity contribution in [3.63, 3.8) is 0 Å². The summed E-state index contributed by atoms with van der Waals surface area (Å²) in [4.78, 5) is 28.0. The average molecular weight is 342 g/mol. The minimum absolute atomic E-state index is 0. The lowest BCUT2D eigenvalue weighted by Gasteiger charge is -2.36. The molecule has 1 saturated heterocycles. The Labute approximate surface area is 142 Å². The van der Waals surface area contributed by atoms with Crippen LogP contribution in [0.3, 0.4) is 0 Å². The largest absolute Gasteiger partial charge is 0.507 e. The first kappa shape index (κ1) is 19.3. The maximum absolute atomic E-state index is 12.4. The van der Waals surface area contributed by atoms with Crippen LogP contribution in [0, 0.1) is 5.92 Å². The summed E-state index contributed by atoms with van der Waals surface area (Å²) in [5, 5.41) is 9.76. The van der Waals surface area contributed by atoms with E-state index in [1.54, 1.807) is 28.0 Å². The second kappa shape index (κ2) is 8.17. The number of rotatable bonds is 3. The number of piperazine rings is 1. The Morgan fingerprint density at radius 2 is 1.61 bits per heavy atom. The quantitative estimate of drug-likeness (QED) is 0.861. The first-order valence-electron chi connectivity index (χ1n) is 7.53. The Bertz CT molecular complexity index is 557. The van der Waals surface area contributed by atoms with Crippen molar-refractivity contribution in [1.82, 2.24) is 9.80 Å². The smallest absolute Gasteiger partial charge is 0.257 e. The van der Waals surface area contributed by atoms with Crippen LogP contribution in [0.15, 0.2) is 24.3 Å². The number of hydrogen-bond donors (Lipinski definition) is 2. The molecule has 1 aliphatic heterocycles. The van der Waals surface area contributed by atoms with Gasteiger partial charge >= 0.3 is 0 Å². The molecule has 0 spiro atoms. The van der Waals surface area contributed by atoms with Crippen LogP contribution in [0.4, 0.5) is 0 Å². The van der Waals surface area contributed by atoms with E-state index in [9.17, 15) is 14.7 Å². The van der Waals surface area contributed by atoms with Gasteiger partial charge in [0.05, 0.1) is 11.5 Å². The normalized spacial score (nSPS) is 17.2. The maximum atomic E-state index is 12.4. The predicted molar refractivity (Wildman–Crippen MR) is 90.7 cm³/mol. The fraction of sp³-hybridized carbons (Fsp3) is 0.500. The number of benzene rings is 1. The van der Waals surface area contributed by atoms with E-state index in [-0.39, 0.29) is 41.9 Å². The molecule has 1 aliphatic rings. The van der Waals surface area contributed by atoms with Crippen LogP contribution >= 0.6 is 12.4 Å². The number of phenols is 1. The molecule has 2 atom stereocenters. The van der Waals surface area contributed by atoms with Crippen LogP contribution < -0.4 is 5.73 Å². The van der Waals surface area contributed by atoms with Gasteiger partial charge in [0, 0.05) is 32.2 Å². The summed E-state index contributed by atoms with van der Waals surface area (Å²) in [5.41, 5.74) is 6.07. The molecule has 0 bridgehead atoms. The topological polar surface area (TPSA) is 86.9 Å². The summed E-state index contributed by atoms with van der Waals surface area (Å²) in [7, 11) is 0. The molecule has 0 radical (unpaired) electrons. The molecule has 6 nitrogen and oxygen atoms in total. The van der Waals surface area contributed by atoms with E-state index in [0.717, 1.165) is 0 Å². The molecule has 1 fully saturated rings. The fourth-order valence-electron chi connectivity index (χ4n) is 2.47. The van der Waals surface area contributed by atoms with E-state index in [1.807, 2.05) is 13.8 Å². The molecule has 7 heteroatoms. The molecule has 1 aromatic rings. The fourth-order valence-corrected chi connectivity index (χ4v) is 2.47. The molecule has 0 saturated carbocycles. The molecule has 3 N–H and O–H groups in total. The number of phenolic OH excluding ortho intramolecular Hbond substituents is 1. The molecule has 1 heterocycles. The Hall–Kier alpha value is -1.79. The summed E-state index contributed by atoms with van der Waals surface area (Å²) >= 11 is 0. The molecular formula is C16H24ClN3O3. The molecule has 2 unspecified atom stereocenters. The van der Waals surface area contributed by atoms with Gasteiger partial charge in [-0.05, 0) is 19.1 Å². The van der Waals surface area contributed by atoms with E-state index in [4.69, 9.17) is 5.73 Å². The number of halogens is 1. The summed E-state index contributed by atoms with van der Waals surface area (Å²) in [5.74, 6) is -0.410. The van der Waals surface area contributed by atoms with Gasteiger partial charge in [-0.15, -0.1) is 12.4 Å². The van der Waals surface area contributed by atoms with E-state index < -0.39 is 0 Å². The summed E-state index contributed by atoms with van der Waals surface area (Å²) in [6.07, 6.45) is 0. The third kappa shape index (κ3) is 4.36.